The summed E-state index contributed by atoms with van der Waals surface area (Å²) in [5, 5.41) is 12.9. The van der Waals surface area contributed by atoms with Crippen molar-refractivity contribution in [2.75, 3.05) is 0 Å². The van der Waals surface area contributed by atoms with Gasteiger partial charge in [-0.3, -0.25) is 0 Å². The van der Waals surface area contributed by atoms with Crippen molar-refractivity contribution in [2.24, 2.45) is 0 Å². The molecule has 0 saturated heterocycles. The highest BCUT2D eigenvalue weighted by Gasteiger charge is 2.26. The second-order valence-electron chi connectivity index (χ2n) is 3.59. The lowest BCUT2D eigenvalue weighted by atomic mass is 10.3. The number of rotatable bonds is 3. The Bertz CT molecular complexity index is 767. The third-order valence-electron chi connectivity index (χ3n) is 2.42. The lowest BCUT2D eigenvalue weighted by Crippen LogP contribution is -1.95. The smallest absolute Gasteiger partial charge is 0.393 e. The standard InChI is InChI=1S/C11H6BrN3O3S/c12-7-3-1-2-4-8(7)18-9-10(15(16)17)14-5-6-19-11(14)13-9/h1-6H. The molecule has 6 nitrogen and oxygen atoms in total. The first-order valence-corrected chi connectivity index (χ1v) is 6.86. The molecule has 0 bridgehead atoms. The van der Waals surface area contributed by atoms with Crippen molar-refractivity contribution in [3.8, 4) is 11.6 Å². The third kappa shape index (κ3) is 2.08. The predicted octanol–water partition coefficient (Wildman–Crippen LogP) is 3.86. The first-order chi connectivity index (χ1) is 9.16. The molecule has 0 N–H and O–H groups in total. The number of ether oxygens (including phenoxy) is 1. The Morgan fingerprint density at radius 1 is 1.42 bits per heavy atom. The molecule has 3 aromatic rings. The number of nitrogens with zero attached hydrogens (tertiary/aromatic N) is 3. The van der Waals surface area contributed by atoms with Gasteiger partial charge in [0.05, 0.1) is 4.47 Å². The highest BCUT2D eigenvalue weighted by molar-refractivity contribution is 9.10. The fraction of sp³-hybridized carbons (Fsp3) is 0. The Morgan fingerprint density at radius 2 is 2.21 bits per heavy atom. The minimum atomic E-state index is -0.501. The molecule has 2 aromatic heterocycles. The summed E-state index contributed by atoms with van der Waals surface area (Å²) in [5.74, 6) is 0.298. The Kier molecular flexibility index (Phi) is 2.96. The SMILES string of the molecule is O=[N+]([O-])c1c(Oc2ccccc2Br)nc2sccn12. The zero-order chi connectivity index (χ0) is 13.4. The van der Waals surface area contributed by atoms with E-state index in [1.165, 1.54) is 15.7 Å². The van der Waals surface area contributed by atoms with Gasteiger partial charge in [0.15, 0.2) is 0 Å². The topological polar surface area (TPSA) is 69.7 Å². The summed E-state index contributed by atoms with van der Waals surface area (Å²) in [4.78, 5) is 15.3. The monoisotopic (exact) mass is 339 g/mol. The lowest BCUT2D eigenvalue weighted by Gasteiger charge is -2.04. The quantitative estimate of drug-likeness (QED) is 0.536. The molecule has 0 unspecified atom stereocenters. The van der Waals surface area contributed by atoms with Crippen molar-refractivity contribution in [3.05, 3.63) is 50.4 Å². The van der Waals surface area contributed by atoms with Crippen LogP contribution in [-0.4, -0.2) is 14.3 Å². The maximum atomic E-state index is 11.1. The van der Waals surface area contributed by atoms with Crippen molar-refractivity contribution >= 4 is 38.0 Å². The van der Waals surface area contributed by atoms with Crippen LogP contribution in [0.15, 0.2) is 40.3 Å². The molecule has 1 aromatic carbocycles. The van der Waals surface area contributed by atoms with Crippen LogP contribution in [0.4, 0.5) is 5.82 Å². The minimum absolute atomic E-state index is 0.0104. The van der Waals surface area contributed by atoms with E-state index in [9.17, 15) is 10.1 Å². The Balaban J connectivity index is 2.10. The molecule has 96 valence electrons. The molecule has 0 saturated carbocycles. The van der Waals surface area contributed by atoms with Crippen molar-refractivity contribution in [3.63, 3.8) is 0 Å². The van der Waals surface area contributed by atoms with Crippen LogP contribution in [0, 0.1) is 10.1 Å². The van der Waals surface area contributed by atoms with E-state index in [2.05, 4.69) is 20.9 Å². The van der Waals surface area contributed by atoms with E-state index in [0.717, 1.165) is 0 Å². The number of halogens is 1. The zero-order valence-corrected chi connectivity index (χ0v) is 11.7. The fourth-order valence-electron chi connectivity index (χ4n) is 1.62. The van der Waals surface area contributed by atoms with Crippen LogP contribution in [0.3, 0.4) is 0 Å². The molecule has 0 aliphatic heterocycles. The fourth-order valence-corrected chi connectivity index (χ4v) is 2.69. The van der Waals surface area contributed by atoms with E-state index in [1.807, 2.05) is 6.07 Å². The normalized spacial score (nSPS) is 10.8. The molecule has 8 heteroatoms. The number of thiazole rings is 1. The van der Waals surface area contributed by atoms with Crippen LogP contribution in [0.25, 0.3) is 4.96 Å². The van der Waals surface area contributed by atoms with Crippen LogP contribution >= 0.6 is 27.3 Å². The van der Waals surface area contributed by atoms with Crippen molar-refractivity contribution in [1.82, 2.24) is 9.38 Å². The third-order valence-corrected chi connectivity index (χ3v) is 3.83. The number of hydrogen-bond acceptors (Lipinski definition) is 5. The molecule has 0 aliphatic rings. The number of imidazole rings is 1. The van der Waals surface area contributed by atoms with E-state index in [4.69, 9.17) is 4.74 Å². The molecule has 0 radical (unpaired) electrons. The highest BCUT2D eigenvalue weighted by atomic mass is 79.9. The summed E-state index contributed by atoms with van der Waals surface area (Å²) in [6.07, 6.45) is 1.60. The summed E-state index contributed by atoms with van der Waals surface area (Å²) < 4.78 is 7.64. The van der Waals surface area contributed by atoms with Crippen LogP contribution in [-0.2, 0) is 0 Å². The Hall–Kier alpha value is -1.93. The molecule has 2 heterocycles. The Morgan fingerprint density at radius 3 is 2.95 bits per heavy atom. The highest BCUT2D eigenvalue weighted by Crippen LogP contribution is 2.35. The largest absolute Gasteiger partial charge is 0.431 e. The van der Waals surface area contributed by atoms with Crippen molar-refractivity contribution in [1.29, 1.82) is 0 Å². The first kappa shape index (κ1) is 12.1. The molecular formula is C11H6BrN3O3S. The molecule has 0 aliphatic carbocycles. The van der Waals surface area contributed by atoms with Gasteiger partial charge in [0.1, 0.15) is 11.9 Å². The van der Waals surface area contributed by atoms with Crippen molar-refractivity contribution < 1.29 is 9.66 Å². The van der Waals surface area contributed by atoms with Gasteiger partial charge in [0.2, 0.25) is 0 Å². The number of aromatic nitrogens is 2. The lowest BCUT2D eigenvalue weighted by molar-refractivity contribution is -0.391. The zero-order valence-electron chi connectivity index (χ0n) is 9.32. The molecule has 0 atom stereocenters. The summed E-state index contributed by atoms with van der Waals surface area (Å²) in [7, 11) is 0. The maximum Gasteiger partial charge on any atom is 0.393 e. The number of para-hydroxylation sites is 1. The van der Waals surface area contributed by atoms with Gasteiger partial charge < -0.3 is 14.9 Å². The molecule has 0 spiro atoms. The van der Waals surface area contributed by atoms with Gasteiger partial charge in [-0.25, -0.2) is 0 Å². The number of hydrogen-bond donors (Lipinski definition) is 0. The second-order valence-corrected chi connectivity index (χ2v) is 5.31. The number of nitro groups is 1. The van der Waals surface area contributed by atoms with E-state index in [1.54, 1.807) is 29.8 Å². The maximum absolute atomic E-state index is 11.1. The van der Waals surface area contributed by atoms with E-state index < -0.39 is 4.92 Å². The van der Waals surface area contributed by atoms with Crippen LogP contribution in [0.5, 0.6) is 11.6 Å². The minimum Gasteiger partial charge on any atom is -0.431 e. The van der Waals surface area contributed by atoms with Crippen LogP contribution < -0.4 is 4.74 Å². The summed E-state index contributed by atoms with van der Waals surface area (Å²) in [6.45, 7) is 0. The number of benzene rings is 1. The molecule has 19 heavy (non-hydrogen) atoms. The van der Waals surface area contributed by atoms with E-state index in [-0.39, 0.29) is 11.7 Å². The number of fused-ring (bicyclic) bond motifs is 1. The van der Waals surface area contributed by atoms with E-state index in [0.29, 0.717) is 15.2 Å². The molecule has 0 amide bonds. The average molecular weight is 340 g/mol. The summed E-state index contributed by atoms with van der Waals surface area (Å²) in [5.41, 5.74) is 0. The van der Waals surface area contributed by atoms with Gasteiger partial charge in [-0.2, -0.15) is 9.38 Å². The predicted molar refractivity (Wildman–Crippen MR) is 73.9 cm³/mol. The van der Waals surface area contributed by atoms with E-state index >= 15 is 0 Å². The van der Waals surface area contributed by atoms with Crippen LogP contribution in [0.2, 0.25) is 0 Å². The van der Waals surface area contributed by atoms with Crippen molar-refractivity contribution in [2.45, 2.75) is 0 Å². The first-order valence-electron chi connectivity index (χ1n) is 5.19. The van der Waals surface area contributed by atoms with Gasteiger partial charge in [0, 0.05) is 5.38 Å². The second kappa shape index (κ2) is 4.63. The van der Waals surface area contributed by atoms with Gasteiger partial charge >= 0.3 is 11.7 Å². The van der Waals surface area contributed by atoms with Crippen LogP contribution in [0.1, 0.15) is 0 Å². The van der Waals surface area contributed by atoms with Gasteiger partial charge in [-0.15, -0.1) is 0 Å². The van der Waals surface area contributed by atoms with Gasteiger partial charge in [-0.1, -0.05) is 23.5 Å². The molecule has 0 fully saturated rings. The van der Waals surface area contributed by atoms with Gasteiger partial charge in [0.25, 0.3) is 4.96 Å². The Labute approximate surface area is 119 Å². The summed E-state index contributed by atoms with van der Waals surface area (Å²) >= 11 is 4.63. The molecule has 3 rings (SSSR count). The summed E-state index contributed by atoms with van der Waals surface area (Å²) in [6, 6.07) is 7.11. The average Bonchev–Trinajstić information content (AvgIpc) is 2.91. The molecular weight excluding hydrogens is 334 g/mol. The van der Waals surface area contributed by atoms with Gasteiger partial charge in [-0.05, 0) is 33.0 Å².